The second-order valence-electron chi connectivity index (χ2n) is 5.70. The zero-order chi connectivity index (χ0) is 14.7. The first-order valence-electron chi connectivity index (χ1n) is 7.17. The van der Waals surface area contributed by atoms with Crippen LogP contribution in [0.5, 0.6) is 0 Å². The summed E-state index contributed by atoms with van der Waals surface area (Å²) in [6.45, 7) is 4.60. The molecule has 2 rings (SSSR count). The summed E-state index contributed by atoms with van der Waals surface area (Å²) in [6.07, 6.45) is 3.72. The van der Waals surface area contributed by atoms with Gasteiger partial charge in [0.2, 0.25) is 0 Å². The van der Waals surface area contributed by atoms with Crippen LogP contribution in [0.4, 0.5) is 5.69 Å². The molecule has 3 nitrogen and oxygen atoms in total. The maximum absolute atomic E-state index is 11.7. The zero-order valence-electron chi connectivity index (χ0n) is 12.3. The first kappa shape index (κ1) is 15.2. The number of nitrogens with one attached hydrogen (secondary N) is 1. The van der Waals surface area contributed by atoms with Crippen LogP contribution in [0.15, 0.2) is 18.2 Å². The highest BCUT2D eigenvalue weighted by atomic mass is 35.5. The third-order valence-electron chi connectivity index (χ3n) is 4.43. The summed E-state index contributed by atoms with van der Waals surface area (Å²) in [5.41, 5.74) is 1.34. The highest BCUT2D eigenvalue weighted by molar-refractivity contribution is 6.33. The van der Waals surface area contributed by atoms with Gasteiger partial charge in [0.1, 0.15) is 0 Å². The van der Waals surface area contributed by atoms with Gasteiger partial charge in [-0.15, -0.1) is 0 Å². The normalized spacial score (nSPS) is 26.1. The zero-order valence-corrected chi connectivity index (χ0v) is 13.0. The molecule has 1 aliphatic carbocycles. The van der Waals surface area contributed by atoms with Crippen molar-refractivity contribution in [1.82, 2.24) is 0 Å². The van der Waals surface area contributed by atoms with Crippen molar-refractivity contribution >= 4 is 23.3 Å². The molecule has 0 bridgehead atoms. The van der Waals surface area contributed by atoms with E-state index in [1.807, 2.05) is 6.07 Å². The Balaban J connectivity index is 2.15. The number of carbonyl (C=O) groups is 1. The van der Waals surface area contributed by atoms with Crippen LogP contribution in [-0.2, 0) is 4.74 Å². The van der Waals surface area contributed by atoms with Crippen molar-refractivity contribution in [2.24, 2.45) is 11.8 Å². The van der Waals surface area contributed by atoms with Gasteiger partial charge in [-0.05, 0) is 36.5 Å². The summed E-state index contributed by atoms with van der Waals surface area (Å²) in [6, 6.07) is 5.89. The molecular formula is C16H22ClNO2. The maximum atomic E-state index is 11.7. The van der Waals surface area contributed by atoms with Gasteiger partial charge in [-0.2, -0.15) is 0 Å². The molecule has 0 aliphatic heterocycles. The fourth-order valence-corrected chi connectivity index (χ4v) is 3.08. The van der Waals surface area contributed by atoms with Crippen LogP contribution >= 0.6 is 11.6 Å². The molecule has 0 saturated heterocycles. The van der Waals surface area contributed by atoms with E-state index in [4.69, 9.17) is 16.3 Å². The molecule has 3 atom stereocenters. The smallest absolute Gasteiger partial charge is 0.339 e. The predicted molar refractivity (Wildman–Crippen MR) is 82.4 cm³/mol. The van der Waals surface area contributed by atoms with Gasteiger partial charge in [-0.1, -0.05) is 38.3 Å². The van der Waals surface area contributed by atoms with Gasteiger partial charge in [-0.3, -0.25) is 0 Å². The maximum Gasteiger partial charge on any atom is 0.339 e. The minimum absolute atomic E-state index is 0.399. The van der Waals surface area contributed by atoms with E-state index >= 15 is 0 Å². The van der Waals surface area contributed by atoms with Crippen molar-refractivity contribution < 1.29 is 9.53 Å². The molecule has 0 heterocycles. The molecule has 4 heteroatoms. The van der Waals surface area contributed by atoms with E-state index < -0.39 is 5.97 Å². The number of methoxy groups -OCH3 is 1. The SMILES string of the molecule is COC(=O)c1cc(NC2CCCC(C)C2C)ccc1Cl. The van der Waals surface area contributed by atoms with Crippen LogP contribution in [0.25, 0.3) is 0 Å². The summed E-state index contributed by atoms with van der Waals surface area (Å²) < 4.78 is 4.75. The van der Waals surface area contributed by atoms with Crippen LogP contribution in [0.1, 0.15) is 43.5 Å². The lowest BCUT2D eigenvalue weighted by Crippen LogP contribution is -2.35. The molecular weight excluding hydrogens is 274 g/mol. The van der Waals surface area contributed by atoms with Crippen molar-refractivity contribution in [1.29, 1.82) is 0 Å². The van der Waals surface area contributed by atoms with Crippen molar-refractivity contribution in [3.8, 4) is 0 Å². The van der Waals surface area contributed by atoms with E-state index in [0.29, 0.717) is 22.5 Å². The second kappa shape index (κ2) is 6.49. The average molecular weight is 296 g/mol. The van der Waals surface area contributed by atoms with Gasteiger partial charge in [0.05, 0.1) is 17.7 Å². The number of halogens is 1. The van der Waals surface area contributed by atoms with Crippen LogP contribution in [0, 0.1) is 11.8 Å². The van der Waals surface area contributed by atoms with Gasteiger partial charge >= 0.3 is 5.97 Å². The molecule has 1 aromatic rings. The lowest BCUT2D eigenvalue weighted by Gasteiger charge is -2.35. The van der Waals surface area contributed by atoms with Gasteiger partial charge in [0, 0.05) is 11.7 Å². The molecule has 0 amide bonds. The van der Waals surface area contributed by atoms with E-state index in [1.54, 1.807) is 12.1 Å². The molecule has 1 fully saturated rings. The Morgan fingerprint density at radius 2 is 2.10 bits per heavy atom. The summed E-state index contributed by atoms with van der Waals surface area (Å²) in [4.78, 5) is 11.7. The lowest BCUT2D eigenvalue weighted by atomic mass is 9.78. The Morgan fingerprint density at radius 1 is 1.35 bits per heavy atom. The average Bonchev–Trinajstić information content (AvgIpc) is 2.45. The van der Waals surface area contributed by atoms with Crippen LogP contribution in [0.2, 0.25) is 5.02 Å². The number of anilines is 1. The van der Waals surface area contributed by atoms with E-state index in [1.165, 1.54) is 26.4 Å². The molecule has 20 heavy (non-hydrogen) atoms. The molecule has 1 aromatic carbocycles. The third-order valence-corrected chi connectivity index (χ3v) is 4.76. The molecule has 0 radical (unpaired) electrons. The van der Waals surface area contributed by atoms with Gasteiger partial charge in [-0.25, -0.2) is 4.79 Å². The predicted octanol–water partition coefficient (Wildman–Crippen LogP) is 4.36. The molecule has 0 aromatic heterocycles. The molecule has 110 valence electrons. The highest BCUT2D eigenvalue weighted by Gasteiger charge is 2.27. The summed E-state index contributed by atoms with van der Waals surface area (Å²) in [5, 5.41) is 3.96. The number of ether oxygens (including phenoxy) is 1. The number of rotatable bonds is 3. The fraction of sp³-hybridized carbons (Fsp3) is 0.562. The van der Waals surface area contributed by atoms with Gasteiger partial charge in [0.15, 0.2) is 0 Å². The van der Waals surface area contributed by atoms with Crippen molar-refractivity contribution in [3.05, 3.63) is 28.8 Å². The molecule has 1 N–H and O–H groups in total. The number of benzene rings is 1. The Hall–Kier alpha value is -1.22. The molecule has 0 spiro atoms. The molecule has 1 aliphatic rings. The van der Waals surface area contributed by atoms with E-state index in [9.17, 15) is 4.79 Å². The van der Waals surface area contributed by atoms with Gasteiger partial charge in [0.25, 0.3) is 0 Å². The standard InChI is InChI=1S/C16H22ClNO2/c1-10-5-4-6-15(11(10)2)18-12-7-8-14(17)13(9-12)16(19)20-3/h7-11,15,18H,4-6H2,1-3H3. The summed E-state index contributed by atoms with van der Waals surface area (Å²) in [5.74, 6) is 0.957. The number of hydrogen-bond acceptors (Lipinski definition) is 3. The van der Waals surface area contributed by atoms with Crippen LogP contribution < -0.4 is 5.32 Å². The summed E-state index contributed by atoms with van der Waals surface area (Å²) >= 11 is 6.04. The molecule has 1 saturated carbocycles. The highest BCUT2D eigenvalue weighted by Crippen LogP contribution is 2.32. The minimum atomic E-state index is -0.399. The van der Waals surface area contributed by atoms with E-state index in [2.05, 4.69) is 19.2 Å². The Kier molecular flexibility index (Phi) is 4.92. The topological polar surface area (TPSA) is 38.3 Å². The monoisotopic (exact) mass is 295 g/mol. The summed E-state index contributed by atoms with van der Waals surface area (Å²) in [7, 11) is 1.36. The Morgan fingerprint density at radius 3 is 2.80 bits per heavy atom. The second-order valence-corrected chi connectivity index (χ2v) is 6.11. The number of esters is 1. The number of hydrogen-bond donors (Lipinski definition) is 1. The Bertz CT molecular complexity index is 489. The van der Waals surface area contributed by atoms with Crippen LogP contribution in [-0.4, -0.2) is 19.1 Å². The largest absolute Gasteiger partial charge is 0.465 e. The Labute approximate surface area is 125 Å². The van der Waals surface area contributed by atoms with E-state index in [-0.39, 0.29) is 0 Å². The van der Waals surface area contributed by atoms with E-state index in [0.717, 1.165) is 11.6 Å². The quantitative estimate of drug-likeness (QED) is 0.842. The first-order chi connectivity index (χ1) is 9.52. The minimum Gasteiger partial charge on any atom is -0.465 e. The number of carbonyl (C=O) groups excluding carboxylic acids is 1. The van der Waals surface area contributed by atoms with Gasteiger partial charge < -0.3 is 10.1 Å². The van der Waals surface area contributed by atoms with Crippen molar-refractivity contribution in [2.75, 3.05) is 12.4 Å². The first-order valence-corrected chi connectivity index (χ1v) is 7.55. The van der Waals surface area contributed by atoms with Crippen molar-refractivity contribution in [3.63, 3.8) is 0 Å². The fourth-order valence-electron chi connectivity index (χ4n) is 2.88. The van der Waals surface area contributed by atoms with Crippen molar-refractivity contribution in [2.45, 2.75) is 39.2 Å². The lowest BCUT2D eigenvalue weighted by molar-refractivity contribution is 0.0601. The van der Waals surface area contributed by atoms with Crippen LogP contribution in [0.3, 0.4) is 0 Å². The third kappa shape index (κ3) is 3.26. The molecule has 3 unspecified atom stereocenters.